The normalized spacial score (nSPS) is 19.7. The van der Waals surface area contributed by atoms with Crippen LogP contribution in [0.5, 0.6) is 0 Å². The van der Waals surface area contributed by atoms with E-state index in [1.807, 2.05) is 0 Å². The third-order valence-electron chi connectivity index (χ3n) is 1.76. The first kappa shape index (κ1) is 10.5. The van der Waals surface area contributed by atoms with Crippen molar-refractivity contribution in [2.75, 3.05) is 0 Å². The molecule has 70 valence electrons. The number of ketones is 1. The Morgan fingerprint density at radius 2 is 2.15 bits per heavy atom. The molecule has 1 heterocycles. The van der Waals surface area contributed by atoms with E-state index in [1.54, 1.807) is 13.8 Å². The van der Waals surface area contributed by atoms with Crippen LogP contribution in [0.1, 0.15) is 20.3 Å². The Morgan fingerprint density at radius 3 is 2.54 bits per heavy atom. The summed E-state index contributed by atoms with van der Waals surface area (Å²) in [4.78, 5) is 15.0. The lowest BCUT2D eigenvalue weighted by atomic mass is 10.2. The number of halogens is 2. The Labute approximate surface area is 86.9 Å². The van der Waals surface area contributed by atoms with Crippen molar-refractivity contribution in [3.8, 4) is 0 Å². The molecule has 1 rings (SSSR count). The van der Waals surface area contributed by atoms with Gasteiger partial charge in [0.2, 0.25) is 0 Å². The molecule has 0 saturated heterocycles. The smallest absolute Gasteiger partial charge is 0.157 e. The van der Waals surface area contributed by atoms with Crippen molar-refractivity contribution in [1.29, 1.82) is 0 Å². The molecule has 0 spiro atoms. The molecular formula is C9H9Cl2NO. The van der Waals surface area contributed by atoms with Crippen LogP contribution in [0.25, 0.3) is 0 Å². The van der Waals surface area contributed by atoms with Crippen LogP contribution in [0.2, 0.25) is 0 Å². The minimum absolute atomic E-state index is 0.0222. The number of aliphatic imine (C=N–C) groups is 1. The molecule has 0 aromatic rings. The number of nitrogens with zero attached hydrogens (tertiary/aromatic N) is 1. The van der Waals surface area contributed by atoms with Gasteiger partial charge in [-0.15, -0.1) is 0 Å². The number of allylic oxidation sites excluding steroid dienone is 3. The van der Waals surface area contributed by atoms with Crippen molar-refractivity contribution in [3.05, 3.63) is 22.4 Å². The van der Waals surface area contributed by atoms with Crippen molar-refractivity contribution in [1.82, 2.24) is 0 Å². The highest BCUT2D eigenvalue weighted by Crippen LogP contribution is 2.29. The highest BCUT2D eigenvalue weighted by Gasteiger charge is 2.17. The fourth-order valence-electron chi connectivity index (χ4n) is 0.901. The van der Waals surface area contributed by atoms with Crippen LogP contribution in [-0.2, 0) is 4.79 Å². The van der Waals surface area contributed by atoms with Crippen molar-refractivity contribution in [2.45, 2.75) is 20.3 Å². The highest BCUT2D eigenvalue weighted by atomic mass is 35.5. The Balaban J connectivity index is 3.00. The second kappa shape index (κ2) is 4.07. The Morgan fingerprint density at radius 1 is 1.54 bits per heavy atom. The Hall–Kier alpha value is -0.600. The summed E-state index contributed by atoms with van der Waals surface area (Å²) in [6, 6.07) is 0. The molecule has 1 aliphatic rings. The van der Waals surface area contributed by atoms with Crippen LogP contribution < -0.4 is 0 Å². The van der Waals surface area contributed by atoms with Crippen LogP contribution in [0.15, 0.2) is 27.4 Å². The minimum Gasteiger partial charge on any atom is -0.295 e. The largest absolute Gasteiger partial charge is 0.295 e. The van der Waals surface area contributed by atoms with Crippen LogP contribution in [0.4, 0.5) is 0 Å². The van der Waals surface area contributed by atoms with Crippen molar-refractivity contribution < 1.29 is 4.79 Å². The summed E-state index contributed by atoms with van der Waals surface area (Å²) in [5.74, 6) is 0.0222. The zero-order valence-corrected chi connectivity index (χ0v) is 8.91. The number of carbonyl (C=O) groups is 1. The molecule has 0 aromatic heterocycles. The van der Waals surface area contributed by atoms with E-state index in [9.17, 15) is 4.79 Å². The third kappa shape index (κ3) is 2.20. The van der Waals surface area contributed by atoms with Gasteiger partial charge in [0.05, 0.1) is 10.7 Å². The molecule has 0 aromatic carbocycles. The molecular weight excluding hydrogens is 209 g/mol. The van der Waals surface area contributed by atoms with Gasteiger partial charge in [-0.3, -0.25) is 4.79 Å². The third-order valence-corrected chi connectivity index (χ3v) is 2.59. The molecule has 0 radical (unpaired) electrons. The molecule has 0 bridgehead atoms. The average Bonchev–Trinajstić information content (AvgIpc) is 2.34. The first-order valence-corrected chi connectivity index (χ1v) is 4.67. The summed E-state index contributed by atoms with van der Waals surface area (Å²) in [7, 11) is 0. The molecule has 0 atom stereocenters. The molecule has 0 amide bonds. The molecule has 0 unspecified atom stereocenters. The molecule has 13 heavy (non-hydrogen) atoms. The molecule has 0 saturated carbocycles. The van der Waals surface area contributed by atoms with Crippen LogP contribution in [-0.4, -0.2) is 11.0 Å². The Kier molecular flexibility index (Phi) is 3.28. The van der Waals surface area contributed by atoms with Crippen molar-refractivity contribution in [2.24, 2.45) is 4.99 Å². The van der Waals surface area contributed by atoms with Crippen LogP contribution in [0.3, 0.4) is 0 Å². The highest BCUT2D eigenvalue weighted by molar-refractivity contribution is 6.76. The predicted molar refractivity (Wildman–Crippen MR) is 55.2 cm³/mol. The van der Waals surface area contributed by atoms with E-state index in [2.05, 4.69) is 4.99 Å². The lowest BCUT2D eigenvalue weighted by Crippen LogP contribution is -1.90. The van der Waals surface area contributed by atoms with Gasteiger partial charge in [0, 0.05) is 12.5 Å². The van der Waals surface area contributed by atoms with Crippen molar-refractivity contribution in [3.63, 3.8) is 0 Å². The zero-order valence-electron chi connectivity index (χ0n) is 7.40. The van der Waals surface area contributed by atoms with Crippen LogP contribution in [0, 0.1) is 0 Å². The molecule has 1 aliphatic heterocycles. The van der Waals surface area contributed by atoms with Gasteiger partial charge in [0.25, 0.3) is 0 Å². The second-order valence-corrected chi connectivity index (χ2v) is 3.43. The first-order chi connectivity index (χ1) is 6.06. The SMILES string of the molecule is CCC(=O)/C=C1\N=C(Cl)C(Cl)=C1C. The van der Waals surface area contributed by atoms with E-state index >= 15 is 0 Å². The maximum atomic E-state index is 11.1. The quantitative estimate of drug-likeness (QED) is 0.655. The summed E-state index contributed by atoms with van der Waals surface area (Å²) in [6.07, 6.45) is 1.93. The molecule has 0 aliphatic carbocycles. The maximum absolute atomic E-state index is 11.1. The second-order valence-electron chi connectivity index (χ2n) is 2.69. The fourth-order valence-corrected chi connectivity index (χ4v) is 1.27. The molecule has 0 fully saturated rings. The van der Waals surface area contributed by atoms with Gasteiger partial charge in [-0.05, 0) is 12.5 Å². The van der Waals surface area contributed by atoms with E-state index in [0.717, 1.165) is 5.57 Å². The summed E-state index contributed by atoms with van der Waals surface area (Å²) in [6.45, 7) is 3.58. The van der Waals surface area contributed by atoms with E-state index < -0.39 is 0 Å². The standard InChI is InChI=1S/C9H9Cl2NO/c1-3-6(13)4-7-5(2)8(10)9(11)12-7/h4H,3H2,1-2H3/b7-4-. The Bertz CT molecular complexity index is 340. The zero-order chi connectivity index (χ0) is 10.0. The van der Waals surface area contributed by atoms with E-state index in [1.165, 1.54) is 6.08 Å². The molecule has 0 N–H and O–H groups in total. The van der Waals surface area contributed by atoms with E-state index in [-0.39, 0.29) is 11.0 Å². The topological polar surface area (TPSA) is 29.4 Å². The lowest BCUT2D eigenvalue weighted by Gasteiger charge is -1.94. The minimum atomic E-state index is 0.0222. The van der Waals surface area contributed by atoms with E-state index in [0.29, 0.717) is 17.2 Å². The van der Waals surface area contributed by atoms with Gasteiger partial charge < -0.3 is 0 Å². The van der Waals surface area contributed by atoms with Gasteiger partial charge in [0.15, 0.2) is 5.78 Å². The number of hydrogen-bond acceptors (Lipinski definition) is 2. The lowest BCUT2D eigenvalue weighted by molar-refractivity contribution is -0.114. The maximum Gasteiger partial charge on any atom is 0.157 e. The monoisotopic (exact) mass is 217 g/mol. The predicted octanol–water partition coefficient (Wildman–Crippen LogP) is 3.01. The van der Waals surface area contributed by atoms with Gasteiger partial charge in [-0.1, -0.05) is 30.1 Å². The summed E-state index contributed by atoms with van der Waals surface area (Å²) >= 11 is 11.5. The molecule has 2 nitrogen and oxygen atoms in total. The van der Waals surface area contributed by atoms with Gasteiger partial charge >= 0.3 is 0 Å². The number of rotatable bonds is 2. The summed E-state index contributed by atoms with van der Waals surface area (Å²) in [5.41, 5.74) is 1.33. The van der Waals surface area contributed by atoms with Gasteiger partial charge in [-0.2, -0.15) is 0 Å². The number of carbonyl (C=O) groups excluding carboxylic acids is 1. The molecule has 4 heteroatoms. The van der Waals surface area contributed by atoms with Gasteiger partial charge in [-0.25, -0.2) is 4.99 Å². The van der Waals surface area contributed by atoms with Crippen molar-refractivity contribution >= 4 is 34.2 Å². The summed E-state index contributed by atoms with van der Waals surface area (Å²) in [5, 5.41) is 0.686. The number of hydrogen-bond donors (Lipinski definition) is 0. The summed E-state index contributed by atoms with van der Waals surface area (Å²) < 4.78 is 0. The van der Waals surface area contributed by atoms with Gasteiger partial charge in [0.1, 0.15) is 5.17 Å². The van der Waals surface area contributed by atoms with Crippen LogP contribution >= 0.6 is 23.2 Å². The average molecular weight is 218 g/mol. The fraction of sp³-hybridized carbons (Fsp3) is 0.333. The van der Waals surface area contributed by atoms with E-state index in [4.69, 9.17) is 23.2 Å². The first-order valence-electron chi connectivity index (χ1n) is 3.92.